The molecule has 1 aliphatic rings. The van der Waals surface area contributed by atoms with Crippen LogP contribution >= 0.6 is 23.2 Å². The maximum absolute atomic E-state index is 12.4. The highest BCUT2D eigenvalue weighted by atomic mass is 35.5. The number of rotatable bonds is 8. The van der Waals surface area contributed by atoms with E-state index in [0.29, 0.717) is 47.3 Å². The summed E-state index contributed by atoms with van der Waals surface area (Å²) < 4.78 is 5.69. The van der Waals surface area contributed by atoms with Crippen LogP contribution in [0, 0.1) is 5.92 Å². The fourth-order valence-electron chi connectivity index (χ4n) is 3.19. The largest absolute Gasteiger partial charge is 0.475 e. The number of ether oxygens (including phenoxy) is 1. The molecule has 3 rings (SSSR count). The minimum Gasteiger partial charge on any atom is -0.475 e. The van der Waals surface area contributed by atoms with Gasteiger partial charge < -0.3 is 15.0 Å². The van der Waals surface area contributed by atoms with Gasteiger partial charge in [-0.25, -0.2) is 4.98 Å². The summed E-state index contributed by atoms with van der Waals surface area (Å²) in [6.07, 6.45) is 3.29. The van der Waals surface area contributed by atoms with Gasteiger partial charge in [0.05, 0.1) is 12.7 Å². The molecule has 1 aromatic carbocycles. The Labute approximate surface area is 185 Å². The Hall–Kier alpha value is -2.38. The maximum Gasteiger partial charge on any atom is 0.234 e. The molecule has 0 saturated carbocycles. The van der Waals surface area contributed by atoms with Crippen molar-refractivity contribution in [3.8, 4) is 17.1 Å². The summed E-state index contributed by atoms with van der Waals surface area (Å²) in [7, 11) is 0. The molecule has 1 fully saturated rings. The van der Waals surface area contributed by atoms with Gasteiger partial charge in [-0.2, -0.15) is 4.98 Å². The van der Waals surface area contributed by atoms with Gasteiger partial charge in [0.1, 0.15) is 12.3 Å². The Bertz CT molecular complexity index is 916. The third-order valence-electron chi connectivity index (χ3n) is 4.52. The molecule has 1 saturated heterocycles. The lowest BCUT2D eigenvalue weighted by molar-refractivity contribution is -0.128. The van der Waals surface area contributed by atoms with Crippen LogP contribution in [-0.2, 0) is 9.59 Å². The molecule has 30 heavy (non-hydrogen) atoms. The van der Waals surface area contributed by atoms with E-state index >= 15 is 0 Å². The molecule has 7 nitrogen and oxygen atoms in total. The van der Waals surface area contributed by atoms with E-state index in [1.54, 1.807) is 23.1 Å². The molecule has 1 aromatic heterocycles. The van der Waals surface area contributed by atoms with Gasteiger partial charge in [0.15, 0.2) is 5.82 Å². The minimum absolute atomic E-state index is 0.138. The van der Waals surface area contributed by atoms with Gasteiger partial charge in [-0.3, -0.25) is 9.59 Å². The number of anilines is 1. The standard InChI is InChI=1S/C21H24Cl2N4O3/c1-13(2)8-17(28)25-21-20(14-9-15(22)11-16(23)10-14)24-12-18(26-21)30-7-6-27-5-3-4-19(27)29/h9-13H,3-8H2,1-2H3,(H,25,26,28). The number of nitrogens with one attached hydrogen (secondary N) is 1. The van der Waals surface area contributed by atoms with Crippen LogP contribution in [-0.4, -0.2) is 46.4 Å². The molecule has 9 heteroatoms. The van der Waals surface area contributed by atoms with Crippen molar-refractivity contribution in [1.29, 1.82) is 0 Å². The van der Waals surface area contributed by atoms with Gasteiger partial charge >= 0.3 is 0 Å². The highest BCUT2D eigenvalue weighted by Crippen LogP contribution is 2.31. The van der Waals surface area contributed by atoms with Crippen LogP contribution in [0.15, 0.2) is 24.4 Å². The molecule has 1 N–H and O–H groups in total. The first kappa shape index (κ1) is 22.3. The molecule has 2 heterocycles. The van der Waals surface area contributed by atoms with Crippen molar-refractivity contribution < 1.29 is 14.3 Å². The maximum atomic E-state index is 12.4. The Morgan fingerprint density at radius 3 is 2.63 bits per heavy atom. The predicted octanol–water partition coefficient (Wildman–Crippen LogP) is 4.44. The number of aromatic nitrogens is 2. The molecule has 0 bridgehead atoms. The lowest BCUT2D eigenvalue weighted by Gasteiger charge is -2.16. The normalized spacial score (nSPS) is 13.8. The van der Waals surface area contributed by atoms with Crippen LogP contribution in [0.25, 0.3) is 11.3 Å². The lowest BCUT2D eigenvalue weighted by Crippen LogP contribution is -2.29. The number of nitrogens with zero attached hydrogens (tertiary/aromatic N) is 3. The van der Waals surface area contributed by atoms with E-state index in [-0.39, 0.29) is 29.4 Å². The number of hydrogen-bond donors (Lipinski definition) is 1. The lowest BCUT2D eigenvalue weighted by atomic mass is 10.1. The van der Waals surface area contributed by atoms with Crippen LogP contribution in [0.4, 0.5) is 5.82 Å². The molecule has 0 aliphatic carbocycles. The van der Waals surface area contributed by atoms with Crippen molar-refractivity contribution in [2.75, 3.05) is 25.0 Å². The highest BCUT2D eigenvalue weighted by Gasteiger charge is 2.20. The smallest absolute Gasteiger partial charge is 0.234 e. The third-order valence-corrected chi connectivity index (χ3v) is 4.96. The fraction of sp³-hybridized carbons (Fsp3) is 0.429. The van der Waals surface area contributed by atoms with Crippen LogP contribution in [0.3, 0.4) is 0 Å². The second-order valence-corrected chi connectivity index (χ2v) is 8.42. The summed E-state index contributed by atoms with van der Waals surface area (Å²) in [6, 6.07) is 5.03. The van der Waals surface area contributed by atoms with E-state index < -0.39 is 0 Å². The summed E-state index contributed by atoms with van der Waals surface area (Å²) in [4.78, 5) is 34.7. The van der Waals surface area contributed by atoms with E-state index in [9.17, 15) is 9.59 Å². The van der Waals surface area contributed by atoms with Gasteiger partial charge in [-0.1, -0.05) is 37.0 Å². The number of hydrogen-bond acceptors (Lipinski definition) is 5. The monoisotopic (exact) mass is 450 g/mol. The average Bonchev–Trinajstić information content (AvgIpc) is 3.05. The first-order valence-electron chi connectivity index (χ1n) is 9.85. The SMILES string of the molecule is CC(C)CC(=O)Nc1nc(OCCN2CCCC2=O)cnc1-c1cc(Cl)cc(Cl)c1. The molecule has 2 amide bonds. The van der Waals surface area contributed by atoms with E-state index in [4.69, 9.17) is 27.9 Å². The number of carbonyl (C=O) groups is 2. The summed E-state index contributed by atoms with van der Waals surface area (Å²) in [6.45, 7) is 5.45. The minimum atomic E-state index is -0.173. The van der Waals surface area contributed by atoms with Crippen molar-refractivity contribution in [3.05, 3.63) is 34.4 Å². The predicted molar refractivity (Wildman–Crippen MR) is 117 cm³/mol. The number of benzene rings is 1. The summed E-state index contributed by atoms with van der Waals surface area (Å²) in [5, 5.41) is 3.72. The molecular formula is C21H24Cl2N4O3. The Kier molecular flexibility index (Phi) is 7.50. The van der Waals surface area contributed by atoms with Gasteiger partial charge in [0.25, 0.3) is 0 Å². The molecule has 0 atom stereocenters. The Balaban J connectivity index is 1.80. The number of amides is 2. The number of carbonyl (C=O) groups excluding carboxylic acids is 2. The third kappa shape index (κ3) is 6.06. The quantitative estimate of drug-likeness (QED) is 0.642. The molecule has 1 aliphatic heterocycles. The number of halogens is 2. The van der Waals surface area contributed by atoms with E-state index in [1.807, 2.05) is 13.8 Å². The molecule has 0 unspecified atom stereocenters. The zero-order valence-corrected chi connectivity index (χ0v) is 18.5. The van der Waals surface area contributed by atoms with Crippen molar-refractivity contribution in [2.24, 2.45) is 5.92 Å². The van der Waals surface area contributed by atoms with Crippen molar-refractivity contribution in [3.63, 3.8) is 0 Å². The average molecular weight is 451 g/mol. The van der Waals surface area contributed by atoms with Gasteiger partial charge in [0.2, 0.25) is 17.7 Å². The van der Waals surface area contributed by atoms with Crippen LogP contribution < -0.4 is 10.1 Å². The zero-order chi connectivity index (χ0) is 21.7. The fourth-order valence-corrected chi connectivity index (χ4v) is 3.71. The molecular weight excluding hydrogens is 427 g/mol. The van der Waals surface area contributed by atoms with E-state index in [0.717, 1.165) is 13.0 Å². The van der Waals surface area contributed by atoms with Crippen LogP contribution in [0.2, 0.25) is 10.0 Å². The van der Waals surface area contributed by atoms with Crippen molar-refractivity contribution in [1.82, 2.24) is 14.9 Å². The highest BCUT2D eigenvalue weighted by molar-refractivity contribution is 6.35. The Morgan fingerprint density at radius 1 is 1.27 bits per heavy atom. The van der Waals surface area contributed by atoms with Gasteiger partial charge in [-0.15, -0.1) is 0 Å². The first-order chi connectivity index (χ1) is 14.3. The van der Waals surface area contributed by atoms with Gasteiger partial charge in [-0.05, 0) is 30.5 Å². The number of likely N-dealkylation sites (tertiary alicyclic amines) is 1. The molecule has 160 valence electrons. The summed E-state index contributed by atoms with van der Waals surface area (Å²) in [5.74, 6) is 0.694. The van der Waals surface area contributed by atoms with Crippen LogP contribution in [0.5, 0.6) is 5.88 Å². The molecule has 2 aromatic rings. The van der Waals surface area contributed by atoms with E-state index in [2.05, 4.69) is 15.3 Å². The van der Waals surface area contributed by atoms with Crippen molar-refractivity contribution in [2.45, 2.75) is 33.1 Å². The second-order valence-electron chi connectivity index (χ2n) is 7.54. The Morgan fingerprint density at radius 2 is 2.00 bits per heavy atom. The van der Waals surface area contributed by atoms with E-state index in [1.165, 1.54) is 6.20 Å². The topological polar surface area (TPSA) is 84.4 Å². The second kappa shape index (κ2) is 10.1. The zero-order valence-electron chi connectivity index (χ0n) is 17.0. The molecule has 0 spiro atoms. The van der Waals surface area contributed by atoms with Crippen molar-refractivity contribution >= 4 is 40.8 Å². The molecule has 0 radical (unpaired) electrons. The summed E-state index contributed by atoms with van der Waals surface area (Å²) in [5.41, 5.74) is 1.08. The summed E-state index contributed by atoms with van der Waals surface area (Å²) >= 11 is 12.2. The van der Waals surface area contributed by atoms with Crippen LogP contribution in [0.1, 0.15) is 33.1 Å². The van der Waals surface area contributed by atoms with Gasteiger partial charge in [0, 0.05) is 35.0 Å². The first-order valence-corrected chi connectivity index (χ1v) is 10.6.